The molecular weight excluding hydrogens is 314 g/mol. The van der Waals surface area contributed by atoms with Gasteiger partial charge in [-0.05, 0) is 51.1 Å². The van der Waals surface area contributed by atoms with E-state index in [-0.39, 0.29) is 11.8 Å². The zero-order valence-electron chi connectivity index (χ0n) is 13.7. The number of nitrogens with zero attached hydrogens (tertiary/aromatic N) is 1. The molecule has 0 bridgehead atoms. The second-order valence-corrected chi connectivity index (χ2v) is 6.71. The van der Waals surface area contributed by atoms with Crippen molar-refractivity contribution in [2.75, 3.05) is 33.7 Å². The van der Waals surface area contributed by atoms with Crippen molar-refractivity contribution >= 4 is 23.4 Å². The van der Waals surface area contributed by atoms with Crippen molar-refractivity contribution < 1.29 is 9.59 Å². The molecule has 6 heteroatoms. The van der Waals surface area contributed by atoms with Crippen LogP contribution in [0, 0.1) is 5.41 Å². The lowest BCUT2D eigenvalue weighted by Gasteiger charge is -2.16. The number of hydrogen-bond acceptors (Lipinski definition) is 3. The van der Waals surface area contributed by atoms with Crippen molar-refractivity contribution in [3.05, 3.63) is 34.9 Å². The normalized spacial score (nSPS) is 15.3. The summed E-state index contributed by atoms with van der Waals surface area (Å²) in [7, 11) is 3.89. The number of hydrogen-bond donors (Lipinski definition) is 2. The first-order valence-corrected chi connectivity index (χ1v) is 8.27. The summed E-state index contributed by atoms with van der Waals surface area (Å²) in [5, 5.41) is 6.42. The van der Waals surface area contributed by atoms with Crippen LogP contribution in [0.5, 0.6) is 0 Å². The number of halogens is 1. The molecule has 1 aromatic rings. The smallest absolute Gasteiger partial charge is 0.235 e. The molecule has 5 nitrogen and oxygen atoms in total. The van der Waals surface area contributed by atoms with Gasteiger partial charge in [-0.3, -0.25) is 9.59 Å². The molecule has 1 aromatic carbocycles. The Morgan fingerprint density at radius 3 is 2.39 bits per heavy atom. The predicted molar refractivity (Wildman–Crippen MR) is 91.4 cm³/mol. The topological polar surface area (TPSA) is 61.4 Å². The van der Waals surface area contributed by atoms with Gasteiger partial charge >= 0.3 is 0 Å². The Morgan fingerprint density at radius 1 is 1.17 bits per heavy atom. The van der Waals surface area contributed by atoms with Gasteiger partial charge in [-0.25, -0.2) is 0 Å². The maximum atomic E-state index is 12.3. The first-order chi connectivity index (χ1) is 10.9. The number of rotatable bonds is 8. The molecule has 0 unspecified atom stereocenters. The summed E-state index contributed by atoms with van der Waals surface area (Å²) in [6.45, 7) is 1.83. The molecule has 0 atom stereocenters. The monoisotopic (exact) mass is 337 g/mol. The molecule has 0 aliphatic heterocycles. The summed E-state index contributed by atoms with van der Waals surface area (Å²) >= 11 is 5.94. The van der Waals surface area contributed by atoms with Gasteiger partial charge in [0.25, 0.3) is 0 Å². The lowest BCUT2D eigenvalue weighted by molar-refractivity contribution is -0.137. The van der Waals surface area contributed by atoms with E-state index >= 15 is 0 Å². The zero-order valence-corrected chi connectivity index (χ0v) is 14.4. The second kappa shape index (κ2) is 7.79. The average molecular weight is 338 g/mol. The van der Waals surface area contributed by atoms with Gasteiger partial charge in [0.1, 0.15) is 5.41 Å². The average Bonchev–Trinajstić information content (AvgIpc) is 3.28. The van der Waals surface area contributed by atoms with Gasteiger partial charge in [0.2, 0.25) is 11.8 Å². The summed E-state index contributed by atoms with van der Waals surface area (Å²) in [5.74, 6) is -0.318. The molecule has 0 spiro atoms. The van der Waals surface area contributed by atoms with Crippen molar-refractivity contribution in [2.24, 2.45) is 5.41 Å². The molecule has 2 rings (SSSR count). The highest BCUT2D eigenvalue weighted by Gasteiger charge is 2.56. The van der Waals surface area contributed by atoms with Crippen LogP contribution in [0.4, 0.5) is 0 Å². The number of nitrogens with one attached hydrogen (secondary N) is 2. The molecule has 2 N–H and O–H groups in total. The van der Waals surface area contributed by atoms with E-state index in [0.29, 0.717) is 37.4 Å². The molecule has 1 fully saturated rings. The van der Waals surface area contributed by atoms with E-state index in [1.807, 2.05) is 43.3 Å². The fraction of sp³-hybridized carbons (Fsp3) is 0.529. The Labute approximate surface area is 142 Å². The maximum absolute atomic E-state index is 12.3. The first-order valence-electron chi connectivity index (χ1n) is 7.90. The van der Waals surface area contributed by atoms with E-state index in [1.165, 1.54) is 0 Å². The fourth-order valence-corrected chi connectivity index (χ4v) is 2.64. The number of carbonyl (C=O) groups excluding carboxylic acids is 2. The van der Waals surface area contributed by atoms with Crippen LogP contribution in [0.2, 0.25) is 5.02 Å². The van der Waals surface area contributed by atoms with Crippen LogP contribution in [-0.4, -0.2) is 50.4 Å². The van der Waals surface area contributed by atoms with E-state index in [4.69, 9.17) is 11.6 Å². The summed E-state index contributed by atoms with van der Waals surface area (Å²) in [4.78, 5) is 26.5. The third kappa shape index (κ3) is 4.94. The van der Waals surface area contributed by atoms with Crippen LogP contribution < -0.4 is 10.6 Å². The highest BCUT2D eigenvalue weighted by atomic mass is 35.5. The van der Waals surface area contributed by atoms with E-state index in [1.54, 1.807) is 0 Å². The maximum Gasteiger partial charge on any atom is 0.235 e. The molecule has 0 saturated heterocycles. The largest absolute Gasteiger partial charge is 0.355 e. The van der Waals surface area contributed by atoms with E-state index in [2.05, 4.69) is 10.6 Å². The third-order valence-electron chi connectivity index (χ3n) is 4.05. The summed E-state index contributed by atoms with van der Waals surface area (Å²) in [6, 6.07) is 7.56. The van der Waals surface area contributed by atoms with Crippen molar-refractivity contribution in [1.29, 1.82) is 0 Å². The summed E-state index contributed by atoms with van der Waals surface area (Å²) in [5.41, 5.74) is 0.221. The van der Waals surface area contributed by atoms with Crippen LogP contribution in [0.25, 0.3) is 0 Å². The molecule has 1 aliphatic rings. The third-order valence-corrected chi connectivity index (χ3v) is 4.29. The minimum atomic E-state index is -0.847. The quantitative estimate of drug-likeness (QED) is 0.706. The van der Waals surface area contributed by atoms with Gasteiger partial charge in [0.05, 0.1) is 0 Å². The van der Waals surface area contributed by atoms with Gasteiger partial charge in [-0.2, -0.15) is 0 Å². The second-order valence-electron chi connectivity index (χ2n) is 6.28. The Morgan fingerprint density at radius 2 is 1.83 bits per heavy atom. The van der Waals surface area contributed by atoms with Crippen molar-refractivity contribution in [3.63, 3.8) is 0 Å². The van der Waals surface area contributed by atoms with Crippen LogP contribution in [0.15, 0.2) is 24.3 Å². The number of likely N-dealkylation sites (N-methyl/N-ethyl adjacent to an activating group) is 1. The van der Waals surface area contributed by atoms with E-state index in [0.717, 1.165) is 12.1 Å². The molecule has 0 aromatic heterocycles. The zero-order chi connectivity index (χ0) is 16.9. The Bertz CT molecular complexity index is 571. The summed E-state index contributed by atoms with van der Waals surface area (Å²) in [6.07, 6.45) is 1.96. The first kappa shape index (κ1) is 17.8. The highest BCUT2D eigenvalue weighted by molar-refractivity contribution is 6.30. The Hall–Kier alpha value is -1.59. The van der Waals surface area contributed by atoms with Crippen LogP contribution >= 0.6 is 11.6 Å². The van der Waals surface area contributed by atoms with Crippen LogP contribution in [-0.2, 0) is 16.0 Å². The number of carbonyl (C=O) groups is 2. The molecule has 0 radical (unpaired) electrons. The van der Waals surface area contributed by atoms with Crippen molar-refractivity contribution in [2.45, 2.75) is 19.3 Å². The molecule has 1 aliphatic carbocycles. The Balaban J connectivity index is 1.77. The Kier molecular flexibility index (Phi) is 6.02. The van der Waals surface area contributed by atoms with Gasteiger partial charge < -0.3 is 15.5 Å². The van der Waals surface area contributed by atoms with Crippen molar-refractivity contribution in [3.8, 4) is 0 Å². The van der Waals surface area contributed by atoms with Gasteiger partial charge in [0.15, 0.2) is 0 Å². The molecule has 0 heterocycles. The van der Waals surface area contributed by atoms with E-state index in [9.17, 15) is 9.59 Å². The molecule has 23 heavy (non-hydrogen) atoms. The highest BCUT2D eigenvalue weighted by Crippen LogP contribution is 2.46. The molecule has 1 saturated carbocycles. The minimum Gasteiger partial charge on any atom is -0.355 e. The van der Waals surface area contributed by atoms with E-state index < -0.39 is 5.41 Å². The molecule has 126 valence electrons. The SMILES string of the molecule is CN(C)CCNC(=O)C1(C(=O)NCCc2cccc(Cl)c2)CC1. The van der Waals surface area contributed by atoms with Gasteiger partial charge in [-0.15, -0.1) is 0 Å². The van der Waals surface area contributed by atoms with Gasteiger partial charge in [0, 0.05) is 24.7 Å². The molecular formula is C17H24ClN3O2. The van der Waals surface area contributed by atoms with Crippen LogP contribution in [0.3, 0.4) is 0 Å². The fourth-order valence-electron chi connectivity index (χ4n) is 2.43. The van der Waals surface area contributed by atoms with Crippen LogP contribution in [0.1, 0.15) is 18.4 Å². The van der Waals surface area contributed by atoms with Gasteiger partial charge in [-0.1, -0.05) is 23.7 Å². The number of benzene rings is 1. The summed E-state index contributed by atoms with van der Waals surface area (Å²) < 4.78 is 0. The van der Waals surface area contributed by atoms with Crippen molar-refractivity contribution in [1.82, 2.24) is 15.5 Å². The standard InChI is InChI=1S/C17H24ClN3O2/c1-21(2)11-10-20-16(23)17(7-8-17)15(22)19-9-6-13-4-3-5-14(18)12-13/h3-5,12H,6-11H2,1-2H3,(H,19,22)(H,20,23). The minimum absolute atomic E-state index is 0.153. The molecule has 2 amide bonds. The lowest BCUT2D eigenvalue weighted by Crippen LogP contribution is -2.45. The lowest BCUT2D eigenvalue weighted by atomic mass is 10.0. The number of amides is 2. The predicted octanol–water partition coefficient (Wildman–Crippen LogP) is 1.46.